The summed E-state index contributed by atoms with van der Waals surface area (Å²) in [6.45, 7) is 8.52. The van der Waals surface area contributed by atoms with Crippen LogP contribution in [-0.4, -0.2) is 246 Å². The van der Waals surface area contributed by atoms with Gasteiger partial charge in [-0.05, 0) is 87.4 Å². The number of amides is 9. The van der Waals surface area contributed by atoms with Gasteiger partial charge in [0.05, 0.1) is 17.7 Å². The first kappa shape index (κ1) is 81.3. The van der Waals surface area contributed by atoms with Gasteiger partial charge >= 0.3 is 5.97 Å². The highest BCUT2D eigenvalue weighted by molar-refractivity contribution is 8.76. The average Bonchev–Trinajstić information content (AvgIpc) is 1.60. The Morgan fingerprint density at radius 3 is 1.88 bits per heavy atom. The number of carboxylic acids is 1. The molecular weight excluding hydrogens is 1360 g/mol. The summed E-state index contributed by atoms with van der Waals surface area (Å²) in [5.74, 6) is -9.52. The molecule has 3 aromatic carbocycles. The molecule has 1 aromatic heterocycles. The second kappa shape index (κ2) is 41.3. The Bertz CT molecular complexity index is 3390. The molecule has 4 unspecified atom stereocenters. The molecule has 32 nitrogen and oxygen atoms in total. The Morgan fingerprint density at radius 2 is 1.24 bits per heavy atom. The molecule has 3 saturated heterocycles. The van der Waals surface area contributed by atoms with Gasteiger partial charge in [-0.15, -0.1) is 0 Å². The summed E-state index contributed by atoms with van der Waals surface area (Å²) in [6.07, 6.45) is -1.93. The highest BCUT2D eigenvalue weighted by atomic mass is 33.1. The third kappa shape index (κ3) is 26.4. The fourth-order valence-electron chi connectivity index (χ4n) is 11.9. The zero-order chi connectivity index (χ0) is 73.6. The minimum atomic E-state index is -1.84. The smallest absolute Gasteiger partial charge is 0.328 e. The van der Waals surface area contributed by atoms with Crippen molar-refractivity contribution in [2.45, 2.75) is 150 Å². The molecule has 24 N–H and O–H groups in total. The lowest BCUT2D eigenvalue weighted by atomic mass is 10.0. The van der Waals surface area contributed by atoms with E-state index in [1.54, 1.807) is 54.7 Å². The summed E-state index contributed by atoms with van der Waals surface area (Å²) in [6, 6.07) is 9.23. The van der Waals surface area contributed by atoms with Crippen LogP contribution in [0.15, 0.2) is 85.1 Å². The Kier molecular flexibility index (Phi) is 32.9. The molecule has 10 atom stereocenters. The van der Waals surface area contributed by atoms with Crippen molar-refractivity contribution in [2.75, 3.05) is 90.0 Å². The predicted octanol–water partition coefficient (Wildman–Crippen LogP) is -4.21. The minimum Gasteiger partial charge on any atom is -0.508 e. The van der Waals surface area contributed by atoms with Crippen LogP contribution in [0.3, 0.4) is 0 Å². The van der Waals surface area contributed by atoms with E-state index < -0.39 is 125 Å². The molecule has 102 heavy (non-hydrogen) atoms. The van der Waals surface area contributed by atoms with E-state index in [9.17, 15) is 49.2 Å². The molecule has 3 aliphatic heterocycles. The molecule has 3 fully saturated rings. The van der Waals surface area contributed by atoms with Gasteiger partial charge in [-0.25, -0.2) is 4.79 Å². The van der Waals surface area contributed by atoms with Gasteiger partial charge in [-0.3, -0.25) is 48.5 Å². The van der Waals surface area contributed by atoms with Crippen molar-refractivity contribution >= 4 is 91.6 Å². The number of aromatic hydroxyl groups is 1. The number of para-hydroxylation sites is 1. The molecule has 34 heteroatoms. The standard InChI is InChI=1S/C68H102N18O14S2/c1-41(87)57-65(98)80-50(60(93)85-58(42(2)88)66(99)100)22-30-101-102-35-54(64(97)81-52(32-44-18-20-46(89)21-19-44)62(95)82-53(33-45-34-76-48-14-7-6-13-47(45)48)63(96)79-49(59(92)84-57)15-8-9-23-69)83-61(94)51(31-43-11-4-3-5-12-43)78-55(90)16-10-17-56(91)86-68-39-74-26-24-71-36-67(70,38-73-28-29-77-68)37-72-25-27-75-40-68/h3-7,11-14,18-21,34,41-42,49-54,57-58,71-77,87-89H,8-10,15-17,22-33,35-40,69-70H2,1-2H3,(H,78,90)(H,79,96)(H,80,98)(H,81,97)(H,82,95)(H,83,94)(H,84,92)(H,85,93)(H,86,91)(H,99,100)/t41?,42?,49-,50-,51+,52-,53+,54-,57?,58?,67-,68-/m0/s1. The molecule has 0 aliphatic carbocycles. The normalized spacial score (nSPS) is 25.0. The van der Waals surface area contributed by atoms with E-state index >= 15 is 19.2 Å². The van der Waals surface area contributed by atoms with Crippen LogP contribution in [0.5, 0.6) is 5.75 Å². The Morgan fingerprint density at radius 1 is 0.637 bits per heavy atom. The number of aliphatic carboxylic acids is 1. The van der Waals surface area contributed by atoms with Gasteiger partial charge in [0.2, 0.25) is 53.2 Å². The van der Waals surface area contributed by atoms with Crippen molar-refractivity contribution in [1.29, 1.82) is 0 Å². The number of fused-ring (bicyclic) bond motifs is 7. The van der Waals surface area contributed by atoms with Gasteiger partial charge in [-0.2, -0.15) is 0 Å². The van der Waals surface area contributed by atoms with Crippen LogP contribution in [0.4, 0.5) is 0 Å². The number of carbonyl (C=O) groups excluding carboxylic acids is 9. The van der Waals surface area contributed by atoms with Gasteiger partial charge < -0.3 is 111 Å². The van der Waals surface area contributed by atoms with E-state index in [-0.39, 0.29) is 87.5 Å². The summed E-state index contributed by atoms with van der Waals surface area (Å²) in [5, 5.41) is 87.5. The number of phenolic OH excluding ortho intramolecular Hbond substituents is 1. The lowest BCUT2D eigenvalue weighted by molar-refractivity contribution is -0.145. The lowest BCUT2D eigenvalue weighted by Gasteiger charge is -2.37. The van der Waals surface area contributed by atoms with Crippen molar-refractivity contribution in [2.24, 2.45) is 11.5 Å². The molecule has 560 valence electrons. The van der Waals surface area contributed by atoms with E-state index in [0.717, 1.165) is 28.5 Å². The number of aromatic nitrogens is 1. The van der Waals surface area contributed by atoms with Crippen LogP contribution < -0.4 is 91.2 Å². The number of carboxylic acid groups (broad SMARTS) is 1. The monoisotopic (exact) mass is 1460 g/mol. The number of aliphatic hydroxyl groups is 2. The largest absolute Gasteiger partial charge is 0.508 e. The van der Waals surface area contributed by atoms with Crippen LogP contribution in [-0.2, 0) is 67.2 Å². The van der Waals surface area contributed by atoms with E-state index in [1.807, 2.05) is 6.07 Å². The number of hydrogen-bond acceptors (Lipinski definition) is 23. The van der Waals surface area contributed by atoms with Crippen LogP contribution in [0.2, 0.25) is 0 Å². The number of nitrogens with one attached hydrogen (secondary N) is 16. The molecule has 4 aromatic rings. The highest BCUT2D eigenvalue weighted by Gasteiger charge is 2.39. The van der Waals surface area contributed by atoms with Crippen LogP contribution >= 0.6 is 21.6 Å². The first-order valence-corrected chi connectivity index (χ1v) is 37.1. The number of aliphatic hydroxyl groups excluding tert-OH is 2. The Labute approximate surface area is 600 Å². The second-order valence-corrected chi connectivity index (χ2v) is 28.8. The maximum Gasteiger partial charge on any atom is 0.328 e. The summed E-state index contributed by atoms with van der Waals surface area (Å²) in [4.78, 5) is 147. The van der Waals surface area contributed by atoms with Crippen molar-refractivity contribution in [3.63, 3.8) is 0 Å². The number of hydrogen-bond donors (Lipinski definition) is 22. The fourth-order valence-corrected chi connectivity index (χ4v) is 14.2. The van der Waals surface area contributed by atoms with Crippen LogP contribution in [0.25, 0.3) is 10.9 Å². The van der Waals surface area contributed by atoms with Crippen molar-refractivity contribution in [3.8, 4) is 5.75 Å². The summed E-state index contributed by atoms with van der Waals surface area (Å²) in [7, 11) is 2.07. The number of unbranched alkanes of at least 4 members (excludes halogenated alkanes) is 1. The number of aromatic amines is 1. The summed E-state index contributed by atoms with van der Waals surface area (Å²) in [5.41, 5.74) is 13.5. The molecule has 0 spiro atoms. The molecule has 9 amide bonds. The second-order valence-electron chi connectivity index (χ2n) is 26.2. The molecule has 0 radical (unpaired) electrons. The van der Waals surface area contributed by atoms with Gasteiger partial charge in [0.25, 0.3) is 0 Å². The van der Waals surface area contributed by atoms with Crippen molar-refractivity contribution in [3.05, 3.63) is 102 Å². The quantitative estimate of drug-likeness (QED) is 0.0247. The third-order valence-electron chi connectivity index (χ3n) is 17.6. The van der Waals surface area contributed by atoms with Gasteiger partial charge in [0.1, 0.15) is 53.7 Å². The fraction of sp³-hybridized carbons (Fsp3) is 0.559. The van der Waals surface area contributed by atoms with Crippen molar-refractivity contribution in [1.82, 2.24) is 84.7 Å². The number of carbonyl (C=O) groups is 10. The molecular formula is C68H102N18O14S2. The number of nitrogens with two attached hydrogens (primary N) is 2. The Hall–Kier alpha value is -8.00. The number of rotatable bonds is 23. The number of H-pyrrole nitrogens is 1. The first-order valence-electron chi connectivity index (χ1n) is 34.6. The molecule has 4 heterocycles. The first-order chi connectivity index (χ1) is 48.9. The summed E-state index contributed by atoms with van der Waals surface area (Å²) < 4.78 is 0. The molecule has 3 aliphatic rings. The third-order valence-corrected chi connectivity index (χ3v) is 20.1. The van der Waals surface area contributed by atoms with E-state index in [1.165, 1.54) is 31.2 Å². The molecule has 2 bridgehead atoms. The average molecular weight is 1460 g/mol. The zero-order valence-corrected chi connectivity index (χ0v) is 59.3. The van der Waals surface area contributed by atoms with Crippen LogP contribution in [0, 0.1) is 0 Å². The maximum atomic E-state index is 15.2. The van der Waals surface area contributed by atoms with E-state index in [4.69, 9.17) is 11.5 Å². The van der Waals surface area contributed by atoms with Crippen molar-refractivity contribution < 1.29 is 68.4 Å². The minimum absolute atomic E-state index is 0.0406. The predicted molar refractivity (Wildman–Crippen MR) is 387 cm³/mol. The maximum absolute atomic E-state index is 15.2. The van der Waals surface area contributed by atoms with Crippen LogP contribution in [0.1, 0.15) is 75.5 Å². The van der Waals surface area contributed by atoms with Gasteiger partial charge in [-0.1, -0.05) is 82.3 Å². The van der Waals surface area contributed by atoms with E-state index in [2.05, 4.69) is 84.7 Å². The molecule has 0 saturated carbocycles. The van der Waals surface area contributed by atoms with Gasteiger partial charge in [0, 0.05) is 133 Å². The SMILES string of the molecule is CC(O)C(NC(=O)[C@@H]1CCSSC[C@H](NC(=O)[C@@H](Cc2ccccc2)NC(=O)CCCC(=O)N[C@]23CNCCNC[C@@](N)(CNCCNC2)CNCCN3)C(=O)N[C@@H](Cc2ccc(O)cc2)C(=O)N[C@H](Cc2c[nH]c3ccccc23)C(=O)N[C@@H](CCCCN)C(=O)NC(C(C)O)C(=O)N1)C(=O)O. The lowest BCUT2D eigenvalue weighted by Crippen LogP contribution is -2.69. The Balaban J connectivity index is 1.19. The highest BCUT2D eigenvalue weighted by Crippen LogP contribution is 2.25. The van der Waals surface area contributed by atoms with E-state index in [0.29, 0.717) is 106 Å². The molecule has 7 rings (SSSR count). The topological polar surface area (TPSA) is 500 Å². The number of benzene rings is 3. The summed E-state index contributed by atoms with van der Waals surface area (Å²) >= 11 is 0. The number of phenols is 1. The zero-order valence-electron chi connectivity index (χ0n) is 57.7. The van der Waals surface area contributed by atoms with Gasteiger partial charge in [0.15, 0.2) is 6.04 Å².